The number of rotatable bonds is 9. The average Bonchev–Trinajstić information content (AvgIpc) is 3.03. The zero-order valence-corrected chi connectivity index (χ0v) is 10.4. The summed E-state index contributed by atoms with van der Waals surface area (Å²) in [6.45, 7) is 3.03. The molecule has 1 aliphatic carbocycles. The van der Waals surface area contributed by atoms with Gasteiger partial charge >= 0.3 is 6.18 Å². The molecule has 0 amide bonds. The molecule has 0 aromatic rings. The maximum absolute atomic E-state index is 11.9. The van der Waals surface area contributed by atoms with Crippen LogP contribution in [0.3, 0.4) is 0 Å². The van der Waals surface area contributed by atoms with E-state index in [9.17, 15) is 13.2 Å². The van der Waals surface area contributed by atoms with Crippen LogP contribution in [0.2, 0.25) is 0 Å². The minimum atomic E-state index is -4.06. The van der Waals surface area contributed by atoms with Crippen LogP contribution in [0.25, 0.3) is 0 Å². The van der Waals surface area contributed by atoms with E-state index in [1.807, 2.05) is 0 Å². The Hall–Kier alpha value is -0.290. The van der Waals surface area contributed by atoms with Crippen molar-refractivity contribution in [1.29, 1.82) is 0 Å². The third-order valence-corrected chi connectivity index (χ3v) is 2.78. The van der Waals surface area contributed by atoms with E-state index >= 15 is 0 Å². The van der Waals surface area contributed by atoms with E-state index in [0.29, 0.717) is 6.04 Å². The molecule has 0 aliphatic heterocycles. The molecule has 1 rings (SSSR count). The van der Waals surface area contributed by atoms with Gasteiger partial charge in [0, 0.05) is 25.6 Å². The lowest BCUT2D eigenvalue weighted by Crippen LogP contribution is -2.31. The summed E-state index contributed by atoms with van der Waals surface area (Å²) in [5.41, 5.74) is 0. The van der Waals surface area contributed by atoms with Crippen LogP contribution in [-0.4, -0.2) is 31.5 Å². The summed E-state index contributed by atoms with van der Waals surface area (Å²) in [4.78, 5) is 0. The molecular formula is C12H22F3NO. The number of halogens is 3. The molecule has 0 radical (unpaired) electrons. The van der Waals surface area contributed by atoms with Gasteiger partial charge in [0.2, 0.25) is 0 Å². The van der Waals surface area contributed by atoms with Crippen LogP contribution < -0.4 is 5.32 Å². The molecule has 1 aliphatic rings. The molecule has 0 aromatic carbocycles. The summed E-state index contributed by atoms with van der Waals surface area (Å²) < 4.78 is 41.3. The number of hydrogen-bond donors (Lipinski definition) is 1. The van der Waals surface area contributed by atoms with Crippen molar-refractivity contribution in [3.63, 3.8) is 0 Å². The standard InChI is InChI=1S/C12H22F3NO/c1-2-4-11(9-16-10-5-6-10)17-8-3-7-12(13,14)15/h10-11,16H,2-9H2,1H3. The van der Waals surface area contributed by atoms with Crippen molar-refractivity contribution in [1.82, 2.24) is 5.32 Å². The lowest BCUT2D eigenvalue weighted by atomic mass is 10.2. The van der Waals surface area contributed by atoms with Crippen molar-refractivity contribution in [2.45, 2.75) is 63.8 Å². The predicted molar refractivity (Wildman–Crippen MR) is 61.0 cm³/mol. The van der Waals surface area contributed by atoms with Gasteiger partial charge < -0.3 is 10.1 Å². The van der Waals surface area contributed by atoms with Gasteiger partial charge in [0.25, 0.3) is 0 Å². The van der Waals surface area contributed by atoms with Gasteiger partial charge in [-0.15, -0.1) is 0 Å². The van der Waals surface area contributed by atoms with Crippen molar-refractivity contribution < 1.29 is 17.9 Å². The zero-order chi connectivity index (χ0) is 12.7. The zero-order valence-electron chi connectivity index (χ0n) is 10.4. The smallest absolute Gasteiger partial charge is 0.377 e. The number of ether oxygens (including phenoxy) is 1. The van der Waals surface area contributed by atoms with Crippen LogP contribution in [-0.2, 0) is 4.74 Å². The molecule has 1 unspecified atom stereocenters. The number of hydrogen-bond acceptors (Lipinski definition) is 2. The maximum Gasteiger partial charge on any atom is 0.389 e. The van der Waals surface area contributed by atoms with Crippen molar-refractivity contribution >= 4 is 0 Å². The van der Waals surface area contributed by atoms with Crippen molar-refractivity contribution in [3.05, 3.63) is 0 Å². The van der Waals surface area contributed by atoms with E-state index in [0.717, 1.165) is 19.4 Å². The SMILES string of the molecule is CCCC(CNC1CC1)OCCCC(F)(F)F. The quantitative estimate of drug-likeness (QED) is 0.637. The topological polar surface area (TPSA) is 21.3 Å². The second-order valence-electron chi connectivity index (χ2n) is 4.68. The fraction of sp³-hybridized carbons (Fsp3) is 1.00. The van der Waals surface area contributed by atoms with Crippen LogP contribution in [0.1, 0.15) is 45.4 Å². The van der Waals surface area contributed by atoms with Gasteiger partial charge in [-0.2, -0.15) is 13.2 Å². The fourth-order valence-electron chi connectivity index (χ4n) is 1.67. The van der Waals surface area contributed by atoms with Crippen LogP contribution in [0.4, 0.5) is 13.2 Å². The van der Waals surface area contributed by atoms with E-state index in [4.69, 9.17) is 4.74 Å². The summed E-state index contributed by atoms with van der Waals surface area (Å²) in [7, 11) is 0. The molecule has 17 heavy (non-hydrogen) atoms. The van der Waals surface area contributed by atoms with E-state index in [2.05, 4.69) is 12.2 Å². The highest BCUT2D eigenvalue weighted by Gasteiger charge is 2.26. The molecule has 5 heteroatoms. The van der Waals surface area contributed by atoms with Gasteiger partial charge in [0.15, 0.2) is 0 Å². The summed E-state index contributed by atoms with van der Waals surface area (Å²) >= 11 is 0. The molecule has 0 aromatic heterocycles. The first kappa shape index (κ1) is 14.8. The molecule has 0 heterocycles. The largest absolute Gasteiger partial charge is 0.389 e. The van der Waals surface area contributed by atoms with E-state index in [1.54, 1.807) is 0 Å². The summed E-state index contributed by atoms with van der Waals surface area (Å²) in [5.74, 6) is 0. The second kappa shape index (κ2) is 7.21. The van der Waals surface area contributed by atoms with Gasteiger partial charge in [-0.1, -0.05) is 13.3 Å². The summed E-state index contributed by atoms with van der Waals surface area (Å²) in [6.07, 6.45) is -0.346. The third kappa shape index (κ3) is 8.44. The molecular weight excluding hydrogens is 231 g/mol. The van der Waals surface area contributed by atoms with Crippen molar-refractivity contribution in [3.8, 4) is 0 Å². The highest BCUT2D eigenvalue weighted by Crippen LogP contribution is 2.21. The lowest BCUT2D eigenvalue weighted by Gasteiger charge is -2.18. The Morgan fingerprint density at radius 2 is 2.06 bits per heavy atom. The Morgan fingerprint density at radius 3 is 2.59 bits per heavy atom. The summed E-state index contributed by atoms with van der Waals surface area (Å²) in [6, 6.07) is 0.619. The molecule has 102 valence electrons. The molecule has 0 saturated heterocycles. The Balaban J connectivity index is 2.05. The monoisotopic (exact) mass is 253 g/mol. The Kier molecular flexibility index (Phi) is 6.27. The van der Waals surface area contributed by atoms with Gasteiger partial charge in [0.1, 0.15) is 0 Å². The van der Waals surface area contributed by atoms with Crippen molar-refractivity contribution in [2.75, 3.05) is 13.2 Å². The number of nitrogens with one attached hydrogen (secondary N) is 1. The van der Waals surface area contributed by atoms with Gasteiger partial charge in [0.05, 0.1) is 6.10 Å². The molecule has 1 atom stereocenters. The summed E-state index contributed by atoms with van der Waals surface area (Å²) in [5, 5.41) is 3.35. The van der Waals surface area contributed by atoms with Crippen LogP contribution in [0.15, 0.2) is 0 Å². The fourth-order valence-corrected chi connectivity index (χ4v) is 1.67. The molecule has 1 saturated carbocycles. The normalized spacial score (nSPS) is 18.4. The van der Waals surface area contributed by atoms with E-state index < -0.39 is 12.6 Å². The highest BCUT2D eigenvalue weighted by molar-refractivity contribution is 4.82. The minimum absolute atomic E-state index is 0.0626. The number of alkyl halides is 3. The predicted octanol–water partition coefficient (Wildman–Crippen LogP) is 3.27. The average molecular weight is 253 g/mol. The lowest BCUT2D eigenvalue weighted by molar-refractivity contribution is -0.138. The Bertz CT molecular complexity index is 204. The molecule has 1 fully saturated rings. The first-order chi connectivity index (χ1) is 8.01. The first-order valence-electron chi connectivity index (χ1n) is 6.43. The van der Waals surface area contributed by atoms with Crippen molar-refractivity contribution in [2.24, 2.45) is 0 Å². The van der Waals surface area contributed by atoms with Crippen LogP contribution in [0.5, 0.6) is 0 Å². The Labute approximate surface area is 101 Å². The second-order valence-corrected chi connectivity index (χ2v) is 4.68. The van der Waals surface area contributed by atoms with Gasteiger partial charge in [-0.3, -0.25) is 0 Å². The third-order valence-electron chi connectivity index (χ3n) is 2.78. The highest BCUT2D eigenvalue weighted by atomic mass is 19.4. The molecule has 0 bridgehead atoms. The van der Waals surface area contributed by atoms with Gasteiger partial charge in [-0.25, -0.2) is 0 Å². The molecule has 2 nitrogen and oxygen atoms in total. The van der Waals surface area contributed by atoms with Crippen LogP contribution in [0, 0.1) is 0 Å². The first-order valence-corrected chi connectivity index (χ1v) is 6.43. The minimum Gasteiger partial charge on any atom is -0.377 e. The van der Waals surface area contributed by atoms with E-state index in [1.165, 1.54) is 12.8 Å². The molecule has 0 spiro atoms. The van der Waals surface area contributed by atoms with Gasteiger partial charge in [-0.05, 0) is 25.7 Å². The van der Waals surface area contributed by atoms with Crippen LogP contribution >= 0.6 is 0 Å². The Morgan fingerprint density at radius 1 is 1.35 bits per heavy atom. The maximum atomic E-state index is 11.9. The van der Waals surface area contributed by atoms with E-state index in [-0.39, 0.29) is 19.1 Å². The molecule has 1 N–H and O–H groups in total.